The molecular formula is C19H26N4O2. The fourth-order valence-electron chi connectivity index (χ4n) is 3.16. The standard InChI is InChI=1S/C19H26N4O2/c1-14-15(2)21-22-18(14)7-8-19(24)23-10-4-6-17(12-23)25-13-16-5-3-9-20-11-16/h3,5,9,11,17H,4,6-8,10,12-13H2,1-2H3,(H,21,22)/t17-/m1/s1. The number of aryl methyl sites for hydroxylation is 2. The van der Waals surface area contributed by atoms with E-state index in [1.54, 1.807) is 6.20 Å². The smallest absolute Gasteiger partial charge is 0.223 e. The van der Waals surface area contributed by atoms with Crippen LogP contribution in [0.5, 0.6) is 0 Å². The molecule has 2 aromatic heterocycles. The van der Waals surface area contributed by atoms with E-state index in [1.165, 1.54) is 0 Å². The summed E-state index contributed by atoms with van der Waals surface area (Å²) in [7, 11) is 0. The highest BCUT2D eigenvalue weighted by atomic mass is 16.5. The zero-order valence-electron chi connectivity index (χ0n) is 15.0. The van der Waals surface area contributed by atoms with Gasteiger partial charge >= 0.3 is 0 Å². The number of carbonyl (C=O) groups excluding carboxylic acids is 1. The Labute approximate surface area is 148 Å². The van der Waals surface area contributed by atoms with Crippen molar-refractivity contribution in [3.05, 3.63) is 47.0 Å². The molecule has 0 aliphatic carbocycles. The Kier molecular flexibility index (Phi) is 5.81. The number of likely N-dealkylation sites (tertiary alicyclic amines) is 1. The minimum atomic E-state index is 0.104. The quantitative estimate of drug-likeness (QED) is 0.876. The van der Waals surface area contributed by atoms with Crippen LogP contribution in [-0.2, 0) is 22.6 Å². The van der Waals surface area contributed by atoms with Gasteiger partial charge in [0.15, 0.2) is 0 Å². The molecule has 134 valence electrons. The van der Waals surface area contributed by atoms with Gasteiger partial charge in [-0.1, -0.05) is 6.07 Å². The fraction of sp³-hybridized carbons (Fsp3) is 0.526. The van der Waals surface area contributed by atoms with E-state index in [9.17, 15) is 4.79 Å². The summed E-state index contributed by atoms with van der Waals surface area (Å²) in [6.07, 6.45) is 6.86. The van der Waals surface area contributed by atoms with Gasteiger partial charge in [-0.2, -0.15) is 5.10 Å². The molecule has 6 heteroatoms. The van der Waals surface area contributed by atoms with E-state index in [2.05, 4.69) is 15.2 Å². The van der Waals surface area contributed by atoms with Gasteiger partial charge in [-0.25, -0.2) is 0 Å². The first-order chi connectivity index (χ1) is 12.1. The van der Waals surface area contributed by atoms with E-state index in [-0.39, 0.29) is 12.0 Å². The Hall–Kier alpha value is -2.21. The molecule has 0 aromatic carbocycles. The number of piperidine rings is 1. The minimum Gasteiger partial charge on any atom is -0.372 e. The van der Waals surface area contributed by atoms with Gasteiger partial charge in [-0.15, -0.1) is 0 Å². The molecule has 1 atom stereocenters. The van der Waals surface area contributed by atoms with Crippen LogP contribution in [0.1, 0.15) is 41.8 Å². The summed E-state index contributed by atoms with van der Waals surface area (Å²) in [4.78, 5) is 18.6. The number of amides is 1. The van der Waals surface area contributed by atoms with E-state index in [0.717, 1.165) is 41.9 Å². The molecule has 1 saturated heterocycles. The minimum absolute atomic E-state index is 0.104. The average molecular weight is 342 g/mol. The fourth-order valence-corrected chi connectivity index (χ4v) is 3.16. The van der Waals surface area contributed by atoms with Crippen molar-refractivity contribution in [1.82, 2.24) is 20.1 Å². The van der Waals surface area contributed by atoms with Crippen molar-refractivity contribution in [2.45, 2.75) is 52.2 Å². The van der Waals surface area contributed by atoms with Gasteiger partial charge in [0.1, 0.15) is 0 Å². The number of aromatic nitrogens is 3. The maximum absolute atomic E-state index is 12.5. The van der Waals surface area contributed by atoms with E-state index in [0.29, 0.717) is 26.0 Å². The molecule has 0 saturated carbocycles. The number of hydrogen-bond donors (Lipinski definition) is 1. The monoisotopic (exact) mass is 342 g/mol. The number of nitrogens with one attached hydrogen (secondary N) is 1. The molecule has 1 amide bonds. The lowest BCUT2D eigenvalue weighted by Crippen LogP contribution is -2.43. The predicted molar refractivity (Wildman–Crippen MR) is 95.0 cm³/mol. The van der Waals surface area contributed by atoms with E-state index >= 15 is 0 Å². The highest BCUT2D eigenvalue weighted by Crippen LogP contribution is 2.17. The van der Waals surface area contributed by atoms with Crippen LogP contribution >= 0.6 is 0 Å². The van der Waals surface area contributed by atoms with Gasteiger partial charge in [-0.3, -0.25) is 14.9 Å². The zero-order valence-corrected chi connectivity index (χ0v) is 15.0. The first-order valence-corrected chi connectivity index (χ1v) is 8.92. The molecule has 0 spiro atoms. The molecule has 6 nitrogen and oxygen atoms in total. The predicted octanol–water partition coefficient (Wildman–Crippen LogP) is 2.56. The van der Waals surface area contributed by atoms with Crippen molar-refractivity contribution in [1.29, 1.82) is 0 Å². The Morgan fingerprint density at radius 2 is 2.32 bits per heavy atom. The largest absolute Gasteiger partial charge is 0.372 e. The van der Waals surface area contributed by atoms with Crippen LogP contribution < -0.4 is 0 Å². The highest BCUT2D eigenvalue weighted by Gasteiger charge is 2.24. The van der Waals surface area contributed by atoms with Crippen LogP contribution in [0.15, 0.2) is 24.5 Å². The van der Waals surface area contributed by atoms with Crippen LogP contribution in [-0.4, -0.2) is 45.2 Å². The van der Waals surface area contributed by atoms with Crippen molar-refractivity contribution < 1.29 is 9.53 Å². The van der Waals surface area contributed by atoms with Crippen LogP contribution in [0.3, 0.4) is 0 Å². The summed E-state index contributed by atoms with van der Waals surface area (Å²) in [5.74, 6) is 0.190. The van der Waals surface area contributed by atoms with Gasteiger partial charge in [0.05, 0.1) is 18.4 Å². The maximum atomic E-state index is 12.5. The number of H-pyrrole nitrogens is 1. The summed E-state index contributed by atoms with van der Waals surface area (Å²) >= 11 is 0. The first-order valence-electron chi connectivity index (χ1n) is 8.92. The van der Waals surface area contributed by atoms with Crippen molar-refractivity contribution >= 4 is 5.91 Å². The maximum Gasteiger partial charge on any atom is 0.223 e. The molecule has 1 aliphatic rings. The van der Waals surface area contributed by atoms with Gasteiger partial charge < -0.3 is 9.64 Å². The molecule has 2 aromatic rings. The highest BCUT2D eigenvalue weighted by molar-refractivity contribution is 5.76. The lowest BCUT2D eigenvalue weighted by molar-refractivity contribution is -0.135. The number of hydrogen-bond acceptors (Lipinski definition) is 4. The van der Waals surface area contributed by atoms with Crippen molar-refractivity contribution in [2.75, 3.05) is 13.1 Å². The Bertz CT molecular complexity index is 699. The average Bonchev–Trinajstić information content (AvgIpc) is 2.97. The van der Waals surface area contributed by atoms with Gasteiger partial charge in [0, 0.05) is 44.0 Å². The van der Waals surface area contributed by atoms with Crippen molar-refractivity contribution in [3.8, 4) is 0 Å². The normalized spacial score (nSPS) is 17.7. The summed E-state index contributed by atoms with van der Waals surface area (Å²) in [5, 5.41) is 7.26. The van der Waals surface area contributed by atoms with Crippen LogP contribution in [0.2, 0.25) is 0 Å². The van der Waals surface area contributed by atoms with Crippen LogP contribution in [0.25, 0.3) is 0 Å². The van der Waals surface area contributed by atoms with E-state index in [4.69, 9.17) is 4.74 Å². The third-order valence-electron chi connectivity index (χ3n) is 4.87. The third-order valence-corrected chi connectivity index (χ3v) is 4.87. The lowest BCUT2D eigenvalue weighted by Gasteiger charge is -2.32. The number of ether oxygens (including phenoxy) is 1. The number of carbonyl (C=O) groups is 1. The molecule has 0 bridgehead atoms. The molecule has 3 rings (SSSR count). The third kappa shape index (κ3) is 4.66. The number of pyridine rings is 1. The summed E-state index contributed by atoms with van der Waals surface area (Å²) in [6.45, 7) is 6.10. The Morgan fingerprint density at radius 3 is 3.04 bits per heavy atom. The summed E-state index contributed by atoms with van der Waals surface area (Å²) in [5.41, 5.74) is 4.29. The number of nitrogens with zero attached hydrogens (tertiary/aromatic N) is 3. The van der Waals surface area contributed by atoms with Gasteiger partial charge in [0.2, 0.25) is 5.91 Å². The topological polar surface area (TPSA) is 71.1 Å². The molecule has 3 heterocycles. The van der Waals surface area contributed by atoms with Crippen molar-refractivity contribution in [2.24, 2.45) is 0 Å². The summed E-state index contributed by atoms with van der Waals surface area (Å²) < 4.78 is 5.98. The number of aromatic amines is 1. The zero-order chi connectivity index (χ0) is 17.6. The Morgan fingerprint density at radius 1 is 1.44 bits per heavy atom. The molecular weight excluding hydrogens is 316 g/mol. The molecule has 1 N–H and O–H groups in total. The molecule has 1 fully saturated rings. The SMILES string of the molecule is Cc1[nH]nc(CCC(=O)N2CCC[C@@H](OCc3cccnc3)C2)c1C. The van der Waals surface area contributed by atoms with Crippen molar-refractivity contribution in [3.63, 3.8) is 0 Å². The van der Waals surface area contributed by atoms with Crippen LogP contribution in [0.4, 0.5) is 0 Å². The Balaban J connectivity index is 1.47. The second-order valence-corrected chi connectivity index (χ2v) is 6.70. The van der Waals surface area contributed by atoms with Crippen LogP contribution in [0, 0.1) is 13.8 Å². The second-order valence-electron chi connectivity index (χ2n) is 6.70. The van der Waals surface area contributed by atoms with Gasteiger partial charge in [0.25, 0.3) is 0 Å². The molecule has 0 unspecified atom stereocenters. The molecule has 0 radical (unpaired) electrons. The van der Waals surface area contributed by atoms with E-state index < -0.39 is 0 Å². The van der Waals surface area contributed by atoms with E-state index in [1.807, 2.05) is 37.1 Å². The first kappa shape index (κ1) is 17.6. The molecule has 1 aliphatic heterocycles. The summed E-state index contributed by atoms with van der Waals surface area (Å²) in [6, 6.07) is 3.92. The second kappa shape index (κ2) is 8.25. The van der Waals surface area contributed by atoms with Gasteiger partial charge in [-0.05, 0) is 43.9 Å². The lowest BCUT2D eigenvalue weighted by atomic mass is 10.1. The number of rotatable bonds is 6. The molecule has 25 heavy (non-hydrogen) atoms.